The maximum absolute atomic E-state index is 6.03. The number of para-hydroxylation sites is 1. The average Bonchev–Trinajstić information content (AvgIpc) is 2.54. The maximum atomic E-state index is 6.03. The van der Waals surface area contributed by atoms with Gasteiger partial charge in [0, 0.05) is 5.39 Å². The van der Waals surface area contributed by atoms with Crippen molar-refractivity contribution in [2.24, 2.45) is 0 Å². The molecule has 0 radical (unpaired) electrons. The topological polar surface area (TPSA) is 70.3 Å². The van der Waals surface area contributed by atoms with E-state index in [-0.39, 0.29) is 0 Å². The lowest BCUT2D eigenvalue weighted by Gasteiger charge is -2.11. The highest BCUT2D eigenvalue weighted by Crippen LogP contribution is 2.33. The number of nitrogens with zero attached hydrogens (tertiary/aromatic N) is 2. The van der Waals surface area contributed by atoms with E-state index in [1.807, 2.05) is 42.5 Å². The van der Waals surface area contributed by atoms with Crippen LogP contribution in [0.2, 0.25) is 0 Å². The van der Waals surface area contributed by atoms with E-state index in [0.29, 0.717) is 23.1 Å². The highest BCUT2D eigenvalue weighted by Gasteiger charge is 2.13. The Labute approximate surface area is 122 Å². The molecule has 0 spiro atoms. The summed E-state index contributed by atoms with van der Waals surface area (Å²) in [5.74, 6) is 2.34. The first-order valence-corrected chi connectivity index (χ1v) is 6.47. The van der Waals surface area contributed by atoms with Crippen LogP contribution in [-0.4, -0.2) is 24.2 Å². The van der Waals surface area contributed by atoms with E-state index < -0.39 is 0 Å². The van der Waals surface area contributed by atoms with Gasteiger partial charge in [-0.1, -0.05) is 12.1 Å². The number of anilines is 1. The second kappa shape index (κ2) is 5.28. The fraction of sp³-hybridized carbons (Fsp3) is 0.125. The third-order valence-electron chi connectivity index (χ3n) is 3.28. The molecule has 0 unspecified atom stereocenters. The average molecular weight is 281 g/mol. The molecule has 0 aliphatic rings. The quantitative estimate of drug-likeness (QED) is 0.799. The molecule has 0 saturated carbocycles. The van der Waals surface area contributed by atoms with Crippen LogP contribution in [0.15, 0.2) is 42.5 Å². The Bertz CT molecular complexity index is 803. The molecule has 0 atom stereocenters. The molecule has 5 heteroatoms. The van der Waals surface area contributed by atoms with Crippen LogP contribution in [-0.2, 0) is 0 Å². The first-order chi connectivity index (χ1) is 10.2. The van der Waals surface area contributed by atoms with Gasteiger partial charge in [0.25, 0.3) is 0 Å². The van der Waals surface area contributed by atoms with Gasteiger partial charge in [0.05, 0.1) is 25.3 Å². The number of nitrogen functional groups attached to an aromatic ring is 1. The highest BCUT2D eigenvalue weighted by atomic mass is 16.5. The van der Waals surface area contributed by atoms with Gasteiger partial charge >= 0.3 is 0 Å². The number of benzene rings is 2. The largest absolute Gasteiger partial charge is 0.497 e. The molecular formula is C16H15N3O2. The van der Waals surface area contributed by atoms with Gasteiger partial charge in [0.2, 0.25) is 0 Å². The van der Waals surface area contributed by atoms with E-state index in [0.717, 1.165) is 16.5 Å². The van der Waals surface area contributed by atoms with E-state index in [2.05, 4.69) is 9.97 Å². The van der Waals surface area contributed by atoms with Crippen LogP contribution in [0.25, 0.3) is 22.3 Å². The zero-order valence-corrected chi connectivity index (χ0v) is 11.8. The number of hydrogen-bond donors (Lipinski definition) is 1. The van der Waals surface area contributed by atoms with Crippen molar-refractivity contribution in [3.63, 3.8) is 0 Å². The monoisotopic (exact) mass is 281 g/mol. The molecule has 0 saturated heterocycles. The minimum Gasteiger partial charge on any atom is -0.497 e. The maximum Gasteiger partial charge on any atom is 0.166 e. The Kier molecular flexibility index (Phi) is 3.31. The summed E-state index contributed by atoms with van der Waals surface area (Å²) in [6.45, 7) is 0. The predicted octanol–water partition coefficient (Wildman–Crippen LogP) is 2.90. The summed E-state index contributed by atoms with van der Waals surface area (Å²) < 4.78 is 10.6. The van der Waals surface area contributed by atoms with Gasteiger partial charge in [-0.05, 0) is 30.3 Å². The highest BCUT2D eigenvalue weighted by molar-refractivity contribution is 5.89. The molecular weight excluding hydrogens is 266 g/mol. The molecule has 0 aliphatic heterocycles. The fourth-order valence-corrected chi connectivity index (χ4v) is 2.21. The standard InChI is InChI=1S/C16H15N3O2/c1-20-10-7-8-14(21-2)12(9-10)16-18-13-6-4-3-5-11(13)15(17)19-16/h3-9H,1-2H3,(H2,17,18,19). The smallest absolute Gasteiger partial charge is 0.166 e. The summed E-state index contributed by atoms with van der Waals surface area (Å²) in [7, 11) is 3.22. The molecule has 0 aliphatic carbocycles. The molecule has 1 aromatic heterocycles. The summed E-state index contributed by atoms with van der Waals surface area (Å²) in [5, 5.41) is 0.836. The SMILES string of the molecule is COc1ccc(OC)c(-c2nc(N)c3ccccc3n2)c1. The van der Waals surface area contributed by atoms with Gasteiger partial charge in [0.15, 0.2) is 5.82 Å². The summed E-state index contributed by atoms with van der Waals surface area (Å²) in [6, 6.07) is 13.1. The van der Waals surface area contributed by atoms with Gasteiger partial charge in [-0.15, -0.1) is 0 Å². The molecule has 0 fully saturated rings. The molecule has 2 N–H and O–H groups in total. The van der Waals surface area contributed by atoms with Crippen molar-refractivity contribution < 1.29 is 9.47 Å². The molecule has 3 aromatic rings. The van der Waals surface area contributed by atoms with E-state index in [9.17, 15) is 0 Å². The van der Waals surface area contributed by atoms with Crippen molar-refractivity contribution in [3.8, 4) is 22.9 Å². The lowest BCUT2D eigenvalue weighted by molar-refractivity contribution is 0.404. The van der Waals surface area contributed by atoms with Crippen molar-refractivity contribution >= 4 is 16.7 Å². The van der Waals surface area contributed by atoms with Gasteiger partial charge in [-0.2, -0.15) is 0 Å². The van der Waals surface area contributed by atoms with Gasteiger partial charge in [0.1, 0.15) is 17.3 Å². The second-order valence-corrected chi connectivity index (χ2v) is 4.52. The Morgan fingerprint density at radius 3 is 2.52 bits per heavy atom. The number of hydrogen-bond acceptors (Lipinski definition) is 5. The van der Waals surface area contributed by atoms with E-state index in [1.165, 1.54) is 0 Å². The van der Waals surface area contributed by atoms with Crippen LogP contribution in [0.3, 0.4) is 0 Å². The van der Waals surface area contributed by atoms with Crippen LogP contribution in [0.5, 0.6) is 11.5 Å². The Balaban J connectivity index is 2.24. The molecule has 21 heavy (non-hydrogen) atoms. The van der Waals surface area contributed by atoms with Crippen LogP contribution in [0, 0.1) is 0 Å². The first kappa shape index (κ1) is 13.2. The predicted molar refractivity (Wildman–Crippen MR) is 82.5 cm³/mol. The second-order valence-electron chi connectivity index (χ2n) is 4.52. The number of aromatic nitrogens is 2. The zero-order chi connectivity index (χ0) is 14.8. The Hall–Kier alpha value is -2.82. The normalized spacial score (nSPS) is 10.6. The molecule has 0 amide bonds. The number of nitrogens with two attached hydrogens (primary N) is 1. The van der Waals surface area contributed by atoms with Crippen molar-refractivity contribution in [2.45, 2.75) is 0 Å². The molecule has 1 heterocycles. The van der Waals surface area contributed by atoms with Crippen LogP contribution >= 0.6 is 0 Å². The first-order valence-electron chi connectivity index (χ1n) is 6.47. The van der Waals surface area contributed by atoms with Crippen LogP contribution < -0.4 is 15.2 Å². The summed E-state index contributed by atoms with van der Waals surface area (Å²) >= 11 is 0. The van der Waals surface area contributed by atoms with Crippen molar-refractivity contribution in [3.05, 3.63) is 42.5 Å². The number of rotatable bonds is 3. The molecule has 5 nitrogen and oxygen atoms in total. The number of fused-ring (bicyclic) bond motifs is 1. The van der Waals surface area contributed by atoms with Crippen LogP contribution in [0.1, 0.15) is 0 Å². The third-order valence-corrected chi connectivity index (χ3v) is 3.28. The van der Waals surface area contributed by atoms with Gasteiger partial charge in [-0.25, -0.2) is 9.97 Å². The summed E-state index contributed by atoms with van der Waals surface area (Å²) in [4.78, 5) is 8.95. The number of methoxy groups -OCH3 is 2. The van der Waals surface area contributed by atoms with Gasteiger partial charge in [-0.3, -0.25) is 0 Å². The lowest BCUT2D eigenvalue weighted by Crippen LogP contribution is -1.99. The molecule has 0 bridgehead atoms. The van der Waals surface area contributed by atoms with E-state index in [1.54, 1.807) is 14.2 Å². The van der Waals surface area contributed by atoms with Crippen molar-refractivity contribution in [2.75, 3.05) is 20.0 Å². The van der Waals surface area contributed by atoms with Crippen LogP contribution in [0.4, 0.5) is 5.82 Å². The van der Waals surface area contributed by atoms with Crippen molar-refractivity contribution in [1.82, 2.24) is 9.97 Å². The lowest BCUT2D eigenvalue weighted by atomic mass is 10.1. The number of ether oxygens (including phenoxy) is 2. The fourth-order valence-electron chi connectivity index (χ4n) is 2.21. The Morgan fingerprint density at radius 2 is 1.76 bits per heavy atom. The molecule has 106 valence electrons. The minimum absolute atomic E-state index is 0.445. The minimum atomic E-state index is 0.445. The molecule has 2 aromatic carbocycles. The summed E-state index contributed by atoms with van der Waals surface area (Å²) in [5.41, 5.74) is 7.57. The van der Waals surface area contributed by atoms with Crippen molar-refractivity contribution in [1.29, 1.82) is 0 Å². The van der Waals surface area contributed by atoms with E-state index in [4.69, 9.17) is 15.2 Å². The Morgan fingerprint density at radius 1 is 0.952 bits per heavy atom. The van der Waals surface area contributed by atoms with E-state index >= 15 is 0 Å². The third kappa shape index (κ3) is 2.33. The molecule has 3 rings (SSSR count). The van der Waals surface area contributed by atoms with Gasteiger partial charge < -0.3 is 15.2 Å². The zero-order valence-electron chi connectivity index (χ0n) is 11.8. The summed E-state index contributed by atoms with van der Waals surface area (Å²) in [6.07, 6.45) is 0.